The molecule has 2 aromatic heterocycles. The van der Waals surface area contributed by atoms with Crippen LogP contribution in [0.4, 0.5) is 0 Å². The molecule has 0 fully saturated rings. The van der Waals surface area contributed by atoms with E-state index in [1.807, 2.05) is 5.38 Å². The third-order valence-corrected chi connectivity index (χ3v) is 2.62. The molecule has 6 heteroatoms. The van der Waals surface area contributed by atoms with Gasteiger partial charge in [-0.25, -0.2) is 9.97 Å². The van der Waals surface area contributed by atoms with Gasteiger partial charge >= 0.3 is 0 Å². The molecule has 0 aliphatic rings. The zero-order valence-corrected chi connectivity index (χ0v) is 8.87. The Morgan fingerprint density at radius 1 is 1.60 bits per heavy atom. The van der Waals surface area contributed by atoms with E-state index in [0.29, 0.717) is 12.2 Å². The number of oxazole rings is 1. The Kier molecular flexibility index (Phi) is 2.77. The number of aromatic nitrogens is 2. The van der Waals surface area contributed by atoms with Crippen LogP contribution in [0.15, 0.2) is 22.4 Å². The predicted octanol–water partition coefficient (Wildman–Crippen LogP) is 1.37. The maximum Gasteiger partial charge on any atom is 0.289 e. The van der Waals surface area contributed by atoms with Gasteiger partial charge in [0.15, 0.2) is 6.39 Å². The van der Waals surface area contributed by atoms with Crippen molar-refractivity contribution in [3.8, 4) is 0 Å². The number of thiazole rings is 1. The molecule has 0 saturated carbocycles. The summed E-state index contributed by atoms with van der Waals surface area (Å²) in [4.78, 5) is 19.4. The highest BCUT2D eigenvalue weighted by Gasteiger charge is 2.13. The lowest BCUT2D eigenvalue weighted by atomic mass is 10.3. The summed E-state index contributed by atoms with van der Waals surface area (Å²) >= 11 is 1.49. The lowest BCUT2D eigenvalue weighted by Crippen LogP contribution is -2.22. The second-order valence-corrected chi connectivity index (χ2v) is 3.85. The molecule has 0 aliphatic heterocycles. The molecule has 0 aliphatic carbocycles. The molecule has 0 unspecified atom stereocenters. The summed E-state index contributed by atoms with van der Waals surface area (Å²) < 4.78 is 4.96. The van der Waals surface area contributed by atoms with E-state index in [0.717, 1.165) is 5.01 Å². The molecule has 0 spiro atoms. The summed E-state index contributed by atoms with van der Waals surface area (Å²) in [7, 11) is 0. The van der Waals surface area contributed by atoms with Gasteiger partial charge in [0.25, 0.3) is 5.91 Å². The number of carbonyl (C=O) groups is 1. The van der Waals surface area contributed by atoms with Crippen LogP contribution < -0.4 is 5.32 Å². The molecule has 0 radical (unpaired) electrons. The first-order valence-corrected chi connectivity index (χ1v) is 5.22. The van der Waals surface area contributed by atoms with Gasteiger partial charge in [-0.2, -0.15) is 0 Å². The topological polar surface area (TPSA) is 68.0 Å². The molecule has 2 heterocycles. The number of nitrogens with zero attached hydrogens (tertiary/aromatic N) is 2. The Bertz CT molecular complexity index is 450. The molecule has 0 atom stereocenters. The smallest absolute Gasteiger partial charge is 0.289 e. The number of hydrogen-bond donors (Lipinski definition) is 1. The largest absolute Gasteiger partial charge is 0.438 e. The van der Waals surface area contributed by atoms with Crippen molar-refractivity contribution < 1.29 is 9.21 Å². The second-order valence-electron chi connectivity index (χ2n) is 2.88. The van der Waals surface area contributed by atoms with Gasteiger partial charge in [0, 0.05) is 11.6 Å². The number of rotatable bonds is 3. The average molecular weight is 223 g/mol. The molecule has 2 rings (SSSR count). The van der Waals surface area contributed by atoms with E-state index in [4.69, 9.17) is 4.42 Å². The van der Waals surface area contributed by atoms with Gasteiger partial charge in [0.1, 0.15) is 5.01 Å². The van der Waals surface area contributed by atoms with Crippen molar-refractivity contribution in [2.75, 3.05) is 0 Å². The molecule has 5 nitrogen and oxygen atoms in total. The van der Waals surface area contributed by atoms with Crippen LogP contribution in [-0.2, 0) is 6.54 Å². The summed E-state index contributed by atoms with van der Waals surface area (Å²) in [5.74, 6) is -0.00763. The molecule has 1 amide bonds. The van der Waals surface area contributed by atoms with Crippen LogP contribution in [0.5, 0.6) is 0 Å². The van der Waals surface area contributed by atoms with Crippen molar-refractivity contribution >= 4 is 17.2 Å². The SMILES string of the molecule is Cc1ncoc1C(=O)NCc1nccs1. The van der Waals surface area contributed by atoms with Gasteiger partial charge in [0.2, 0.25) is 5.76 Å². The van der Waals surface area contributed by atoms with E-state index in [2.05, 4.69) is 15.3 Å². The van der Waals surface area contributed by atoms with Gasteiger partial charge in [-0.1, -0.05) is 0 Å². The molecular weight excluding hydrogens is 214 g/mol. The van der Waals surface area contributed by atoms with Crippen LogP contribution in [0, 0.1) is 6.92 Å². The molecular formula is C9H9N3O2S. The lowest BCUT2D eigenvalue weighted by molar-refractivity contribution is 0.0922. The van der Waals surface area contributed by atoms with Gasteiger partial charge in [-0.3, -0.25) is 4.79 Å². The van der Waals surface area contributed by atoms with Crippen LogP contribution in [0.2, 0.25) is 0 Å². The highest BCUT2D eigenvalue weighted by atomic mass is 32.1. The van der Waals surface area contributed by atoms with E-state index >= 15 is 0 Å². The van der Waals surface area contributed by atoms with Gasteiger partial charge < -0.3 is 9.73 Å². The van der Waals surface area contributed by atoms with Crippen molar-refractivity contribution in [3.05, 3.63) is 34.4 Å². The normalized spacial score (nSPS) is 10.2. The monoisotopic (exact) mass is 223 g/mol. The fourth-order valence-corrected chi connectivity index (χ4v) is 1.65. The van der Waals surface area contributed by atoms with Gasteiger partial charge in [-0.05, 0) is 6.92 Å². The van der Waals surface area contributed by atoms with E-state index < -0.39 is 0 Å². The fraction of sp³-hybridized carbons (Fsp3) is 0.222. The van der Waals surface area contributed by atoms with E-state index in [9.17, 15) is 4.79 Å². The van der Waals surface area contributed by atoms with Gasteiger partial charge in [-0.15, -0.1) is 11.3 Å². The Hall–Kier alpha value is -1.69. The van der Waals surface area contributed by atoms with Crippen molar-refractivity contribution in [1.29, 1.82) is 0 Å². The van der Waals surface area contributed by atoms with Crippen molar-refractivity contribution in [2.45, 2.75) is 13.5 Å². The highest BCUT2D eigenvalue weighted by molar-refractivity contribution is 7.09. The molecule has 0 bridgehead atoms. The summed E-state index contributed by atoms with van der Waals surface area (Å²) in [6, 6.07) is 0. The lowest BCUT2D eigenvalue weighted by Gasteiger charge is -1.99. The first kappa shape index (κ1) is 9.85. The minimum Gasteiger partial charge on any atom is -0.438 e. The third kappa shape index (κ3) is 2.21. The minimum absolute atomic E-state index is 0.256. The number of nitrogens with one attached hydrogen (secondary N) is 1. The summed E-state index contributed by atoms with van der Waals surface area (Å²) in [5, 5.41) is 5.43. The highest BCUT2D eigenvalue weighted by Crippen LogP contribution is 2.06. The number of amides is 1. The maximum absolute atomic E-state index is 11.6. The zero-order valence-electron chi connectivity index (χ0n) is 8.06. The molecule has 0 saturated heterocycles. The van der Waals surface area contributed by atoms with E-state index in [1.165, 1.54) is 17.7 Å². The molecule has 2 aromatic rings. The van der Waals surface area contributed by atoms with Crippen LogP contribution in [-0.4, -0.2) is 15.9 Å². The van der Waals surface area contributed by atoms with Crippen molar-refractivity contribution in [2.24, 2.45) is 0 Å². The first-order valence-electron chi connectivity index (χ1n) is 4.34. The predicted molar refractivity (Wildman–Crippen MR) is 54.5 cm³/mol. The van der Waals surface area contributed by atoms with E-state index in [1.54, 1.807) is 13.1 Å². The van der Waals surface area contributed by atoms with E-state index in [-0.39, 0.29) is 11.7 Å². The Morgan fingerprint density at radius 2 is 2.47 bits per heavy atom. The van der Waals surface area contributed by atoms with Crippen LogP contribution >= 0.6 is 11.3 Å². The van der Waals surface area contributed by atoms with Crippen LogP contribution in [0.3, 0.4) is 0 Å². The van der Waals surface area contributed by atoms with Crippen molar-refractivity contribution in [1.82, 2.24) is 15.3 Å². The summed E-state index contributed by atoms with van der Waals surface area (Å²) in [6.07, 6.45) is 2.96. The molecule has 15 heavy (non-hydrogen) atoms. The third-order valence-electron chi connectivity index (χ3n) is 1.84. The second kappa shape index (κ2) is 4.22. The maximum atomic E-state index is 11.6. The number of aryl methyl sites for hydroxylation is 1. The average Bonchev–Trinajstić information content (AvgIpc) is 2.84. The Balaban J connectivity index is 1.96. The van der Waals surface area contributed by atoms with Crippen LogP contribution in [0.25, 0.3) is 0 Å². The number of carbonyl (C=O) groups excluding carboxylic acids is 1. The fourth-order valence-electron chi connectivity index (χ4n) is 1.10. The minimum atomic E-state index is -0.264. The molecule has 1 N–H and O–H groups in total. The molecule has 0 aromatic carbocycles. The first-order chi connectivity index (χ1) is 7.27. The Morgan fingerprint density at radius 3 is 3.07 bits per heavy atom. The number of hydrogen-bond acceptors (Lipinski definition) is 5. The summed E-state index contributed by atoms with van der Waals surface area (Å²) in [5.41, 5.74) is 0.589. The Labute approximate surface area is 90.2 Å². The molecule has 78 valence electrons. The van der Waals surface area contributed by atoms with Crippen molar-refractivity contribution in [3.63, 3.8) is 0 Å². The summed E-state index contributed by atoms with van der Waals surface area (Å²) in [6.45, 7) is 2.14. The quantitative estimate of drug-likeness (QED) is 0.853. The zero-order chi connectivity index (χ0) is 10.7. The van der Waals surface area contributed by atoms with Gasteiger partial charge in [0.05, 0.1) is 12.2 Å². The standard InChI is InChI=1S/C9H9N3O2S/c1-6-8(14-5-12-6)9(13)11-4-7-10-2-3-15-7/h2-3,5H,4H2,1H3,(H,11,13). The van der Waals surface area contributed by atoms with Crippen LogP contribution in [0.1, 0.15) is 21.3 Å².